The molecule has 0 aromatic carbocycles. The molecule has 0 bridgehead atoms. The molecule has 88 valence electrons. The van der Waals surface area contributed by atoms with Crippen molar-refractivity contribution in [2.75, 3.05) is 33.0 Å². The molecule has 2 N–H and O–H groups in total. The molecule has 2 rings (SSSR count). The number of hydrogen-bond acceptors (Lipinski definition) is 5. The summed E-state index contributed by atoms with van der Waals surface area (Å²) in [7, 11) is 3.69. The van der Waals surface area contributed by atoms with E-state index in [1.165, 1.54) is 13.0 Å². The molecule has 1 fully saturated rings. The summed E-state index contributed by atoms with van der Waals surface area (Å²) in [6.07, 6.45) is 2.18. The van der Waals surface area contributed by atoms with Crippen LogP contribution in [0.1, 0.15) is 12.1 Å². The highest BCUT2D eigenvalue weighted by molar-refractivity contribution is 5.47. The van der Waals surface area contributed by atoms with E-state index in [0.29, 0.717) is 17.5 Å². The summed E-state index contributed by atoms with van der Waals surface area (Å²) in [5.74, 6) is 1.08. The lowest BCUT2D eigenvalue weighted by atomic mass is 10.0. The van der Waals surface area contributed by atoms with E-state index in [2.05, 4.69) is 22.1 Å². The molecule has 1 aliphatic heterocycles. The average molecular weight is 222 g/mol. The van der Waals surface area contributed by atoms with Crippen molar-refractivity contribution in [3.63, 3.8) is 0 Å². The summed E-state index contributed by atoms with van der Waals surface area (Å²) in [4.78, 5) is 2.34. The second-order valence-electron chi connectivity index (χ2n) is 4.42. The van der Waals surface area contributed by atoms with Crippen LogP contribution in [0, 0.1) is 5.92 Å². The molecule has 5 heteroatoms. The normalized spacial score (nSPS) is 21.2. The fourth-order valence-corrected chi connectivity index (χ4v) is 2.18. The van der Waals surface area contributed by atoms with Crippen LogP contribution >= 0.6 is 0 Å². The second kappa shape index (κ2) is 4.65. The molecular weight excluding hydrogens is 204 g/mol. The van der Waals surface area contributed by atoms with Crippen molar-refractivity contribution in [3.8, 4) is 5.88 Å². The Labute approximate surface area is 95.6 Å². The summed E-state index contributed by atoms with van der Waals surface area (Å²) in [5.41, 5.74) is 7.32. The third-order valence-electron chi connectivity index (χ3n) is 3.02. The monoisotopic (exact) mass is 222 g/mol. The molecule has 2 heterocycles. The number of nitrogens with zero attached hydrogens (tertiary/aromatic N) is 3. The van der Waals surface area contributed by atoms with Crippen LogP contribution < -0.4 is 10.5 Å². The fraction of sp³-hybridized carbons (Fsp3) is 0.636. The zero-order chi connectivity index (χ0) is 11.5. The zero-order valence-electron chi connectivity index (χ0n) is 9.81. The Bertz CT molecular complexity index is 369. The van der Waals surface area contributed by atoms with Gasteiger partial charge in [0.25, 0.3) is 5.88 Å². The summed E-state index contributed by atoms with van der Waals surface area (Å²) >= 11 is 0. The Morgan fingerprint density at radius 2 is 2.38 bits per heavy atom. The van der Waals surface area contributed by atoms with Gasteiger partial charge in [-0.3, -0.25) is 0 Å². The lowest BCUT2D eigenvalue weighted by molar-refractivity contribution is 0.387. The Morgan fingerprint density at radius 1 is 1.56 bits per heavy atom. The summed E-state index contributed by atoms with van der Waals surface area (Å²) < 4.78 is 4.98. The first-order chi connectivity index (χ1) is 7.69. The van der Waals surface area contributed by atoms with Gasteiger partial charge in [0.1, 0.15) is 0 Å². The third kappa shape index (κ3) is 2.41. The van der Waals surface area contributed by atoms with Gasteiger partial charge in [0.2, 0.25) is 0 Å². The molecule has 0 saturated carbocycles. The number of rotatable bonds is 3. The first kappa shape index (κ1) is 11.1. The van der Waals surface area contributed by atoms with Gasteiger partial charge in [-0.2, -0.15) is 5.10 Å². The van der Waals surface area contributed by atoms with Crippen LogP contribution in [0.2, 0.25) is 0 Å². The Hall–Kier alpha value is -1.36. The van der Waals surface area contributed by atoms with Crippen LogP contribution in [0.5, 0.6) is 5.88 Å². The number of nitrogens with two attached hydrogens (primary N) is 1. The van der Waals surface area contributed by atoms with Gasteiger partial charge in [-0.25, -0.2) is 0 Å². The molecule has 16 heavy (non-hydrogen) atoms. The second-order valence-corrected chi connectivity index (χ2v) is 4.42. The molecule has 0 amide bonds. The molecule has 1 aliphatic rings. The maximum atomic E-state index is 5.80. The molecule has 0 spiro atoms. The van der Waals surface area contributed by atoms with Crippen molar-refractivity contribution in [1.82, 2.24) is 15.1 Å². The van der Waals surface area contributed by atoms with E-state index in [9.17, 15) is 0 Å². The molecule has 0 radical (unpaired) electrons. The average Bonchev–Trinajstić information content (AvgIpc) is 2.64. The van der Waals surface area contributed by atoms with Crippen LogP contribution in [0.15, 0.2) is 6.07 Å². The molecule has 5 nitrogen and oxygen atoms in total. The van der Waals surface area contributed by atoms with Crippen LogP contribution in [0.25, 0.3) is 0 Å². The van der Waals surface area contributed by atoms with Crippen molar-refractivity contribution < 1.29 is 4.74 Å². The molecule has 1 unspecified atom stereocenters. The van der Waals surface area contributed by atoms with Gasteiger partial charge in [-0.15, -0.1) is 5.10 Å². The van der Waals surface area contributed by atoms with E-state index in [0.717, 1.165) is 18.7 Å². The van der Waals surface area contributed by atoms with E-state index < -0.39 is 0 Å². The summed E-state index contributed by atoms with van der Waals surface area (Å²) in [6.45, 7) is 2.30. The van der Waals surface area contributed by atoms with Crippen LogP contribution in [0.4, 0.5) is 5.69 Å². The SMILES string of the molecule is COc1nnc(CC2CCN(C)C2)cc1N. The molecular formula is C11H18N4O. The number of anilines is 1. The van der Waals surface area contributed by atoms with Crippen molar-refractivity contribution in [2.45, 2.75) is 12.8 Å². The van der Waals surface area contributed by atoms with Crippen molar-refractivity contribution in [2.24, 2.45) is 5.92 Å². The summed E-state index contributed by atoms with van der Waals surface area (Å²) in [6, 6.07) is 1.87. The summed E-state index contributed by atoms with van der Waals surface area (Å²) in [5, 5.41) is 8.07. The topological polar surface area (TPSA) is 64.3 Å². The Balaban J connectivity index is 2.02. The number of hydrogen-bond donors (Lipinski definition) is 1. The largest absolute Gasteiger partial charge is 0.478 e. The number of nitrogen functional groups attached to an aromatic ring is 1. The third-order valence-corrected chi connectivity index (χ3v) is 3.02. The smallest absolute Gasteiger partial charge is 0.256 e. The van der Waals surface area contributed by atoms with Gasteiger partial charge in [0, 0.05) is 6.54 Å². The Morgan fingerprint density at radius 3 is 2.94 bits per heavy atom. The van der Waals surface area contributed by atoms with E-state index >= 15 is 0 Å². The fourth-order valence-electron chi connectivity index (χ4n) is 2.18. The minimum Gasteiger partial charge on any atom is -0.478 e. The lowest BCUT2D eigenvalue weighted by Crippen LogP contribution is -2.15. The maximum Gasteiger partial charge on any atom is 0.256 e. The van der Waals surface area contributed by atoms with Gasteiger partial charge < -0.3 is 15.4 Å². The van der Waals surface area contributed by atoms with E-state index in [-0.39, 0.29) is 0 Å². The standard InChI is InChI=1S/C11H18N4O/c1-15-4-3-8(7-15)5-9-6-10(12)11(16-2)14-13-9/h6,8H,3-5,7H2,1-2H3,(H2,12,13). The number of likely N-dealkylation sites (tertiary alicyclic amines) is 1. The first-order valence-electron chi connectivity index (χ1n) is 5.53. The van der Waals surface area contributed by atoms with Crippen LogP contribution in [-0.2, 0) is 6.42 Å². The van der Waals surface area contributed by atoms with Gasteiger partial charge in [0.05, 0.1) is 18.5 Å². The van der Waals surface area contributed by atoms with E-state index in [1.54, 1.807) is 7.11 Å². The molecule has 1 aromatic rings. The van der Waals surface area contributed by atoms with Crippen molar-refractivity contribution >= 4 is 5.69 Å². The van der Waals surface area contributed by atoms with Gasteiger partial charge in [-0.1, -0.05) is 0 Å². The lowest BCUT2D eigenvalue weighted by Gasteiger charge is -2.10. The van der Waals surface area contributed by atoms with Crippen LogP contribution in [-0.4, -0.2) is 42.3 Å². The Kier molecular flexibility index (Phi) is 3.24. The minimum absolute atomic E-state index is 0.410. The molecule has 1 saturated heterocycles. The van der Waals surface area contributed by atoms with Crippen LogP contribution in [0.3, 0.4) is 0 Å². The van der Waals surface area contributed by atoms with Gasteiger partial charge in [-0.05, 0) is 38.4 Å². The minimum atomic E-state index is 0.410. The highest BCUT2D eigenvalue weighted by atomic mass is 16.5. The highest BCUT2D eigenvalue weighted by Crippen LogP contribution is 2.21. The molecule has 0 aliphatic carbocycles. The number of aromatic nitrogens is 2. The zero-order valence-corrected chi connectivity index (χ0v) is 9.81. The van der Waals surface area contributed by atoms with E-state index in [1.807, 2.05) is 6.07 Å². The number of ether oxygens (including phenoxy) is 1. The maximum absolute atomic E-state index is 5.80. The van der Waals surface area contributed by atoms with E-state index in [4.69, 9.17) is 10.5 Å². The quantitative estimate of drug-likeness (QED) is 0.809. The van der Waals surface area contributed by atoms with Crippen molar-refractivity contribution in [1.29, 1.82) is 0 Å². The highest BCUT2D eigenvalue weighted by Gasteiger charge is 2.20. The molecule has 1 aromatic heterocycles. The van der Waals surface area contributed by atoms with Gasteiger partial charge in [0.15, 0.2) is 0 Å². The van der Waals surface area contributed by atoms with Crippen molar-refractivity contribution in [3.05, 3.63) is 11.8 Å². The molecule has 1 atom stereocenters. The predicted molar refractivity (Wildman–Crippen MR) is 62.3 cm³/mol. The predicted octanol–water partition coefficient (Wildman–Crippen LogP) is 0.562. The first-order valence-corrected chi connectivity index (χ1v) is 5.53. The number of methoxy groups -OCH3 is 1. The van der Waals surface area contributed by atoms with Gasteiger partial charge >= 0.3 is 0 Å².